The predicted molar refractivity (Wildman–Crippen MR) is 86.7 cm³/mol. The fourth-order valence-electron chi connectivity index (χ4n) is 1.99. The number of fused-ring (bicyclic) bond motifs is 1. The third-order valence-corrected chi connectivity index (χ3v) is 3.73. The number of rotatable bonds is 4. The number of halogens is 1. The summed E-state index contributed by atoms with van der Waals surface area (Å²) in [7, 11) is 0. The summed E-state index contributed by atoms with van der Waals surface area (Å²) in [4.78, 5) is 10.9. The lowest BCUT2D eigenvalue weighted by molar-refractivity contribution is 0.0665. The summed E-state index contributed by atoms with van der Waals surface area (Å²) < 4.78 is 12.1. The molecule has 0 atom stereocenters. The first kappa shape index (κ1) is 13.9. The molecule has 2 aromatic carbocycles. The number of carboxylic acid groups (broad SMARTS) is 1. The van der Waals surface area contributed by atoms with E-state index in [1.807, 2.05) is 36.4 Å². The molecular weight excluding hydrogens is 383 g/mol. The van der Waals surface area contributed by atoms with Crippen LogP contribution in [0.1, 0.15) is 16.1 Å². The molecule has 0 saturated heterocycles. The first-order valence-electron chi connectivity index (χ1n) is 6.26. The molecule has 1 aromatic heterocycles. The molecule has 1 N–H and O–H groups in total. The number of hydrogen-bond acceptors (Lipinski definition) is 3. The molecule has 0 bridgehead atoms. The molecule has 3 rings (SSSR count). The minimum absolute atomic E-state index is 0.0549. The van der Waals surface area contributed by atoms with Crippen molar-refractivity contribution in [2.24, 2.45) is 0 Å². The Kier molecular flexibility index (Phi) is 3.83. The van der Waals surface area contributed by atoms with Gasteiger partial charge in [-0.25, -0.2) is 4.79 Å². The van der Waals surface area contributed by atoms with Gasteiger partial charge in [0.2, 0.25) is 5.76 Å². The predicted octanol–water partition coefficient (Wildman–Crippen LogP) is 4.31. The van der Waals surface area contributed by atoms with Crippen LogP contribution in [-0.2, 0) is 6.61 Å². The SMILES string of the molecule is O=C(O)c1cc2cc(COc3ccc(I)cc3)ccc2o1. The smallest absolute Gasteiger partial charge is 0.371 e. The molecular formula is C16H11IO4. The van der Waals surface area contributed by atoms with Crippen molar-refractivity contribution in [2.45, 2.75) is 6.61 Å². The van der Waals surface area contributed by atoms with Crippen LogP contribution in [-0.4, -0.2) is 11.1 Å². The Labute approximate surface area is 134 Å². The highest BCUT2D eigenvalue weighted by Crippen LogP contribution is 2.22. The average Bonchev–Trinajstić information content (AvgIpc) is 2.90. The number of carbonyl (C=O) groups is 1. The van der Waals surface area contributed by atoms with Crippen molar-refractivity contribution in [1.29, 1.82) is 0 Å². The van der Waals surface area contributed by atoms with Crippen LogP contribution in [0.3, 0.4) is 0 Å². The van der Waals surface area contributed by atoms with Gasteiger partial charge < -0.3 is 14.3 Å². The van der Waals surface area contributed by atoms with Gasteiger partial charge in [0.25, 0.3) is 0 Å². The first-order chi connectivity index (χ1) is 10.1. The minimum Gasteiger partial charge on any atom is -0.489 e. The van der Waals surface area contributed by atoms with Gasteiger partial charge in [-0.05, 0) is 70.6 Å². The molecule has 0 amide bonds. The molecule has 21 heavy (non-hydrogen) atoms. The van der Waals surface area contributed by atoms with Crippen molar-refractivity contribution in [3.63, 3.8) is 0 Å². The number of benzene rings is 2. The Morgan fingerprint density at radius 2 is 1.90 bits per heavy atom. The molecule has 5 heteroatoms. The molecule has 0 aliphatic carbocycles. The summed E-state index contributed by atoms with van der Waals surface area (Å²) in [6, 6.07) is 14.8. The van der Waals surface area contributed by atoms with E-state index < -0.39 is 5.97 Å². The van der Waals surface area contributed by atoms with Gasteiger partial charge in [-0.2, -0.15) is 0 Å². The van der Waals surface area contributed by atoms with E-state index in [0.717, 1.165) is 20.3 Å². The summed E-state index contributed by atoms with van der Waals surface area (Å²) in [6.07, 6.45) is 0. The zero-order chi connectivity index (χ0) is 14.8. The number of carboxylic acids is 1. The number of aromatic carboxylic acids is 1. The first-order valence-corrected chi connectivity index (χ1v) is 7.34. The standard InChI is InChI=1S/C16H11IO4/c17-12-2-4-13(5-3-12)20-9-10-1-6-14-11(7-10)8-15(21-14)16(18)19/h1-8H,9H2,(H,18,19). The van der Waals surface area contributed by atoms with E-state index in [0.29, 0.717) is 12.2 Å². The third-order valence-electron chi connectivity index (χ3n) is 3.01. The van der Waals surface area contributed by atoms with E-state index in [1.165, 1.54) is 6.07 Å². The molecule has 0 aliphatic rings. The molecule has 0 aliphatic heterocycles. The maximum atomic E-state index is 10.9. The van der Waals surface area contributed by atoms with E-state index in [-0.39, 0.29) is 5.76 Å². The van der Waals surface area contributed by atoms with Gasteiger partial charge in [0, 0.05) is 8.96 Å². The molecule has 0 unspecified atom stereocenters. The molecule has 0 saturated carbocycles. The summed E-state index contributed by atoms with van der Waals surface area (Å²) in [6.45, 7) is 0.421. The van der Waals surface area contributed by atoms with Crippen molar-refractivity contribution >= 4 is 39.5 Å². The van der Waals surface area contributed by atoms with Crippen molar-refractivity contribution in [2.75, 3.05) is 0 Å². The normalized spacial score (nSPS) is 10.7. The van der Waals surface area contributed by atoms with Gasteiger partial charge in [-0.3, -0.25) is 0 Å². The Morgan fingerprint density at radius 3 is 2.62 bits per heavy atom. The van der Waals surface area contributed by atoms with Crippen LogP contribution in [0, 0.1) is 3.57 Å². The lowest BCUT2D eigenvalue weighted by Crippen LogP contribution is -1.94. The van der Waals surface area contributed by atoms with Gasteiger partial charge >= 0.3 is 5.97 Å². The highest BCUT2D eigenvalue weighted by Gasteiger charge is 2.10. The number of ether oxygens (including phenoxy) is 1. The van der Waals surface area contributed by atoms with E-state index in [1.54, 1.807) is 6.07 Å². The van der Waals surface area contributed by atoms with Crippen molar-refractivity contribution < 1.29 is 19.1 Å². The van der Waals surface area contributed by atoms with Gasteiger partial charge in [0.05, 0.1) is 0 Å². The van der Waals surface area contributed by atoms with E-state index in [4.69, 9.17) is 14.3 Å². The second kappa shape index (κ2) is 5.77. The Morgan fingerprint density at radius 1 is 1.14 bits per heavy atom. The quantitative estimate of drug-likeness (QED) is 0.670. The van der Waals surface area contributed by atoms with Gasteiger partial charge in [-0.15, -0.1) is 0 Å². The zero-order valence-electron chi connectivity index (χ0n) is 10.9. The van der Waals surface area contributed by atoms with Gasteiger partial charge in [-0.1, -0.05) is 6.07 Å². The van der Waals surface area contributed by atoms with Crippen LogP contribution in [0.25, 0.3) is 11.0 Å². The monoisotopic (exact) mass is 394 g/mol. The molecule has 1 heterocycles. The van der Waals surface area contributed by atoms with Crippen LogP contribution >= 0.6 is 22.6 Å². The van der Waals surface area contributed by atoms with Crippen molar-refractivity contribution in [3.8, 4) is 5.75 Å². The van der Waals surface area contributed by atoms with Crippen molar-refractivity contribution in [3.05, 3.63) is 63.4 Å². The number of furan rings is 1. The second-order valence-corrected chi connectivity index (χ2v) is 5.78. The largest absolute Gasteiger partial charge is 0.489 e. The Bertz CT molecular complexity index is 790. The maximum absolute atomic E-state index is 10.9. The average molecular weight is 394 g/mol. The lowest BCUT2D eigenvalue weighted by Gasteiger charge is -2.06. The minimum atomic E-state index is -1.07. The highest BCUT2D eigenvalue weighted by molar-refractivity contribution is 14.1. The fraction of sp³-hybridized carbons (Fsp3) is 0.0625. The van der Waals surface area contributed by atoms with E-state index in [2.05, 4.69) is 22.6 Å². The molecule has 0 spiro atoms. The summed E-state index contributed by atoms with van der Waals surface area (Å²) in [5.41, 5.74) is 1.52. The summed E-state index contributed by atoms with van der Waals surface area (Å²) >= 11 is 2.24. The molecule has 0 fully saturated rings. The Balaban J connectivity index is 1.77. The van der Waals surface area contributed by atoms with Crippen LogP contribution in [0.4, 0.5) is 0 Å². The molecule has 3 aromatic rings. The molecule has 0 radical (unpaired) electrons. The van der Waals surface area contributed by atoms with Crippen molar-refractivity contribution in [1.82, 2.24) is 0 Å². The topological polar surface area (TPSA) is 59.7 Å². The highest BCUT2D eigenvalue weighted by atomic mass is 127. The van der Waals surface area contributed by atoms with Crippen LogP contribution < -0.4 is 4.74 Å². The second-order valence-electron chi connectivity index (χ2n) is 4.53. The van der Waals surface area contributed by atoms with Crippen LogP contribution in [0.5, 0.6) is 5.75 Å². The van der Waals surface area contributed by atoms with Gasteiger partial charge in [0.1, 0.15) is 17.9 Å². The molecule has 106 valence electrons. The summed E-state index contributed by atoms with van der Waals surface area (Å²) in [5.74, 6) is -0.322. The van der Waals surface area contributed by atoms with Crippen LogP contribution in [0.15, 0.2) is 52.9 Å². The van der Waals surface area contributed by atoms with Crippen LogP contribution in [0.2, 0.25) is 0 Å². The lowest BCUT2D eigenvalue weighted by atomic mass is 10.1. The molecule has 4 nitrogen and oxygen atoms in total. The van der Waals surface area contributed by atoms with E-state index >= 15 is 0 Å². The Hall–Kier alpha value is -2.02. The fourth-order valence-corrected chi connectivity index (χ4v) is 2.35. The number of hydrogen-bond donors (Lipinski definition) is 1. The summed E-state index contributed by atoms with van der Waals surface area (Å²) in [5, 5.41) is 9.67. The van der Waals surface area contributed by atoms with Gasteiger partial charge in [0.15, 0.2) is 0 Å². The third kappa shape index (κ3) is 3.18. The van der Waals surface area contributed by atoms with E-state index in [9.17, 15) is 4.79 Å². The zero-order valence-corrected chi connectivity index (χ0v) is 13.0. The maximum Gasteiger partial charge on any atom is 0.371 e.